The van der Waals surface area contributed by atoms with E-state index in [0.29, 0.717) is 17.7 Å². The third kappa shape index (κ3) is 2.91. The van der Waals surface area contributed by atoms with Crippen LogP contribution in [0, 0.1) is 0 Å². The number of carbonyl (C=O) groups is 1. The Morgan fingerprint density at radius 1 is 1.25 bits per heavy atom. The van der Waals surface area contributed by atoms with E-state index in [1.54, 1.807) is 6.33 Å². The van der Waals surface area contributed by atoms with Crippen LogP contribution in [0.3, 0.4) is 0 Å². The second-order valence-corrected chi connectivity index (χ2v) is 6.51. The van der Waals surface area contributed by atoms with Gasteiger partial charge in [-0.2, -0.15) is 0 Å². The molecule has 1 aromatic heterocycles. The molecule has 1 saturated heterocycles. The highest BCUT2D eigenvalue weighted by Crippen LogP contribution is 2.21. The van der Waals surface area contributed by atoms with Crippen molar-refractivity contribution in [2.45, 2.75) is 38.1 Å². The van der Waals surface area contributed by atoms with Crippen LogP contribution in [0.5, 0.6) is 0 Å². The summed E-state index contributed by atoms with van der Waals surface area (Å²) in [6.07, 6.45) is 9.60. The van der Waals surface area contributed by atoms with Gasteiger partial charge in [0, 0.05) is 7.05 Å². The molecule has 1 aromatic carbocycles. The maximum absolute atomic E-state index is 12.2. The van der Waals surface area contributed by atoms with E-state index in [4.69, 9.17) is 0 Å². The lowest BCUT2D eigenvalue weighted by atomic mass is 9.96. The van der Waals surface area contributed by atoms with Crippen LogP contribution in [0.4, 0.5) is 0 Å². The van der Waals surface area contributed by atoms with Crippen LogP contribution in [-0.4, -0.2) is 27.5 Å². The normalized spacial score (nSPS) is 22.3. The zero-order valence-electron chi connectivity index (χ0n) is 13.7. The number of guanidine groups is 1. The largest absolute Gasteiger partial charge is 0.334 e. The van der Waals surface area contributed by atoms with Gasteiger partial charge in [0.15, 0.2) is 0 Å². The van der Waals surface area contributed by atoms with Crippen LogP contribution < -0.4 is 10.6 Å². The maximum atomic E-state index is 12.2. The first-order valence-electron chi connectivity index (χ1n) is 8.48. The van der Waals surface area contributed by atoms with Gasteiger partial charge in [-0.25, -0.2) is 9.98 Å². The molecule has 1 amide bonds. The van der Waals surface area contributed by atoms with Crippen LogP contribution in [0.1, 0.15) is 37.7 Å². The van der Waals surface area contributed by atoms with Gasteiger partial charge in [0.25, 0.3) is 5.91 Å². The average molecular weight is 323 g/mol. The summed E-state index contributed by atoms with van der Waals surface area (Å²) in [6.45, 7) is 0. The number of hydrogen-bond acceptors (Lipinski definition) is 3. The number of nitrogens with zero attached hydrogens (tertiary/aromatic N) is 3. The van der Waals surface area contributed by atoms with Crippen molar-refractivity contribution >= 4 is 29.0 Å². The molecule has 0 spiro atoms. The summed E-state index contributed by atoms with van der Waals surface area (Å²) in [6, 6.07) is 6.28. The van der Waals surface area contributed by atoms with Crippen LogP contribution in [0.25, 0.3) is 17.1 Å². The number of rotatable bonds is 2. The molecule has 24 heavy (non-hydrogen) atoms. The summed E-state index contributed by atoms with van der Waals surface area (Å²) < 4.78 is 1.97. The number of benzene rings is 1. The minimum atomic E-state index is -0.130. The third-order valence-electron chi connectivity index (χ3n) is 4.68. The van der Waals surface area contributed by atoms with Crippen LogP contribution in [0.2, 0.25) is 0 Å². The molecule has 0 bridgehead atoms. The zero-order valence-corrected chi connectivity index (χ0v) is 13.7. The van der Waals surface area contributed by atoms with E-state index >= 15 is 0 Å². The maximum Gasteiger partial charge on any atom is 0.274 e. The van der Waals surface area contributed by atoms with Crippen LogP contribution in [-0.2, 0) is 11.8 Å². The predicted molar refractivity (Wildman–Crippen MR) is 94.3 cm³/mol. The molecule has 6 heteroatoms. The molecule has 6 nitrogen and oxygen atoms in total. The number of amides is 1. The summed E-state index contributed by atoms with van der Waals surface area (Å²) in [7, 11) is 1.96. The first-order valence-corrected chi connectivity index (χ1v) is 8.48. The van der Waals surface area contributed by atoms with Gasteiger partial charge in [0.2, 0.25) is 5.96 Å². The number of fused-ring (bicyclic) bond motifs is 1. The van der Waals surface area contributed by atoms with E-state index in [1.165, 1.54) is 19.3 Å². The fourth-order valence-electron chi connectivity index (χ4n) is 3.35. The number of imidazole rings is 1. The molecule has 2 aliphatic rings. The SMILES string of the molecule is Cn1cnc2ccc(/C=C3\NC(=NC4CCCCC4)NC3=O)cc21. The van der Waals surface area contributed by atoms with Gasteiger partial charge < -0.3 is 9.88 Å². The van der Waals surface area contributed by atoms with E-state index < -0.39 is 0 Å². The molecule has 0 radical (unpaired) electrons. The Morgan fingerprint density at radius 2 is 2.08 bits per heavy atom. The van der Waals surface area contributed by atoms with Gasteiger partial charge in [-0.3, -0.25) is 10.1 Å². The molecular formula is C18H21N5O. The fourth-order valence-corrected chi connectivity index (χ4v) is 3.35. The lowest BCUT2D eigenvalue weighted by molar-refractivity contribution is -0.115. The van der Waals surface area contributed by atoms with Gasteiger partial charge in [-0.05, 0) is 36.6 Å². The fraction of sp³-hybridized carbons (Fsp3) is 0.389. The van der Waals surface area contributed by atoms with E-state index in [-0.39, 0.29) is 5.91 Å². The minimum absolute atomic E-state index is 0.130. The van der Waals surface area contributed by atoms with Crippen molar-refractivity contribution in [3.05, 3.63) is 35.8 Å². The first kappa shape index (κ1) is 14.9. The molecule has 4 rings (SSSR count). The average Bonchev–Trinajstić information content (AvgIpc) is 3.12. The van der Waals surface area contributed by atoms with Crippen molar-refractivity contribution in [2.75, 3.05) is 0 Å². The zero-order chi connectivity index (χ0) is 16.5. The number of aliphatic imine (C=N–C) groups is 1. The van der Waals surface area contributed by atoms with Crippen LogP contribution >= 0.6 is 0 Å². The monoisotopic (exact) mass is 323 g/mol. The van der Waals surface area contributed by atoms with Crippen molar-refractivity contribution < 1.29 is 4.79 Å². The van der Waals surface area contributed by atoms with E-state index in [1.807, 2.05) is 35.9 Å². The van der Waals surface area contributed by atoms with Crippen molar-refractivity contribution in [1.29, 1.82) is 0 Å². The van der Waals surface area contributed by atoms with Gasteiger partial charge >= 0.3 is 0 Å². The van der Waals surface area contributed by atoms with Crippen molar-refractivity contribution in [1.82, 2.24) is 20.2 Å². The summed E-state index contributed by atoms with van der Waals surface area (Å²) >= 11 is 0. The molecular weight excluding hydrogens is 302 g/mol. The molecule has 2 N–H and O–H groups in total. The standard InChI is InChI=1S/C18H21N5O/c1-23-11-19-14-8-7-12(10-16(14)23)9-15-17(24)22-18(21-15)20-13-5-3-2-4-6-13/h7-11,13H,2-6H2,1H3,(H2,20,21,22,24)/b15-9-. The highest BCUT2D eigenvalue weighted by molar-refractivity contribution is 6.15. The Kier molecular flexibility index (Phi) is 3.80. The predicted octanol–water partition coefficient (Wildman–Crippen LogP) is 2.32. The molecule has 1 aliphatic heterocycles. The molecule has 0 unspecified atom stereocenters. The summed E-state index contributed by atoms with van der Waals surface area (Å²) in [5.41, 5.74) is 3.48. The summed E-state index contributed by atoms with van der Waals surface area (Å²) in [5, 5.41) is 5.95. The van der Waals surface area contributed by atoms with Crippen LogP contribution in [0.15, 0.2) is 35.2 Å². The topological polar surface area (TPSA) is 71.3 Å². The Labute approximate surface area is 140 Å². The number of aromatic nitrogens is 2. The van der Waals surface area contributed by atoms with Gasteiger partial charge in [0.05, 0.1) is 23.4 Å². The lowest BCUT2D eigenvalue weighted by Gasteiger charge is -2.17. The van der Waals surface area contributed by atoms with E-state index in [0.717, 1.165) is 29.4 Å². The smallest absolute Gasteiger partial charge is 0.274 e. The first-order chi connectivity index (χ1) is 11.7. The number of hydrogen-bond donors (Lipinski definition) is 2. The summed E-state index contributed by atoms with van der Waals surface area (Å²) in [4.78, 5) is 21.1. The van der Waals surface area contributed by atoms with Gasteiger partial charge in [0.1, 0.15) is 5.70 Å². The third-order valence-corrected chi connectivity index (χ3v) is 4.68. The summed E-state index contributed by atoms with van der Waals surface area (Å²) in [5.74, 6) is 0.453. The molecule has 1 saturated carbocycles. The Morgan fingerprint density at radius 3 is 2.92 bits per heavy atom. The minimum Gasteiger partial charge on any atom is -0.334 e. The Bertz CT molecular complexity index is 842. The van der Waals surface area contributed by atoms with Crippen molar-refractivity contribution in [2.24, 2.45) is 12.0 Å². The second kappa shape index (κ2) is 6.11. The van der Waals surface area contributed by atoms with E-state index in [9.17, 15) is 4.79 Å². The molecule has 124 valence electrons. The Balaban J connectivity index is 1.56. The number of carbonyl (C=O) groups excluding carboxylic acids is 1. The van der Waals surface area contributed by atoms with Gasteiger partial charge in [-0.1, -0.05) is 25.3 Å². The molecule has 2 heterocycles. The molecule has 2 fully saturated rings. The van der Waals surface area contributed by atoms with Gasteiger partial charge in [-0.15, -0.1) is 0 Å². The van der Waals surface area contributed by atoms with Crippen molar-refractivity contribution in [3.8, 4) is 0 Å². The second-order valence-electron chi connectivity index (χ2n) is 6.51. The quantitative estimate of drug-likeness (QED) is 0.833. The highest BCUT2D eigenvalue weighted by Gasteiger charge is 2.23. The molecule has 1 aliphatic carbocycles. The highest BCUT2D eigenvalue weighted by atomic mass is 16.2. The van der Waals surface area contributed by atoms with Crippen molar-refractivity contribution in [3.63, 3.8) is 0 Å². The molecule has 0 atom stereocenters. The Hall–Kier alpha value is -2.63. The number of nitrogens with one attached hydrogen (secondary N) is 2. The molecule has 2 aromatic rings. The lowest BCUT2D eigenvalue weighted by Crippen LogP contribution is -2.28. The number of aryl methyl sites for hydroxylation is 1. The van der Waals surface area contributed by atoms with E-state index in [2.05, 4.69) is 20.6 Å².